The molecule has 0 bridgehead atoms. The number of imide groups is 1. The quantitative estimate of drug-likeness (QED) is 0.781. The van der Waals surface area contributed by atoms with Crippen molar-refractivity contribution in [2.45, 2.75) is 31.7 Å². The monoisotopic (exact) mass is 363 g/mol. The van der Waals surface area contributed by atoms with E-state index in [9.17, 15) is 14.4 Å². The topological polar surface area (TPSA) is 81.1 Å². The lowest BCUT2D eigenvalue weighted by Crippen LogP contribution is -2.50. The van der Waals surface area contributed by atoms with Gasteiger partial charge in [-0.1, -0.05) is 15.9 Å². The molecule has 1 aliphatic rings. The summed E-state index contributed by atoms with van der Waals surface area (Å²) in [6.45, 7) is 1.66. The van der Waals surface area contributed by atoms with E-state index in [-0.39, 0.29) is 17.9 Å². The van der Waals surface area contributed by atoms with Gasteiger partial charge in [0.25, 0.3) is 11.5 Å². The molecule has 1 aliphatic heterocycles. The number of hydrogen-bond donors (Lipinski definition) is 1. The standard InChI is InChI=1S/C15H14BrN3O3/c1-15(6-2-3-12(20)18-14(15)22)19-8-17-11-5-4-9(16)7-10(11)13(19)21/h4-5,7-8H,2-3,6H2,1H3,(H,18,20,22). The Balaban J connectivity index is 2.20. The van der Waals surface area contributed by atoms with Crippen LogP contribution in [0.3, 0.4) is 0 Å². The van der Waals surface area contributed by atoms with Crippen LogP contribution in [0.4, 0.5) is 0 Å². The van der Waals surface area contributed by atoms with Crippen LogP contribution in [0, 0.1) is 0 Å². The fourth-order valence-electron chi connectivity index (χ4n) is 2.71. The molecule has 2 heterocycles. The SMILES string of the molecule is CC1(n2cnc3ccc(Br)cc3c2=O)CCCC(=O)NC1=O. The number of carbonyl (C=O) groups is 2. The molecule has 2 amide bonds. The van der Waals surface area contributed by atoms with E-state index in [0.29, 0.717) is 23.7 Å². The van der Waals surface area contributed by atoms with Crippen molar-refractivity contribution in [2.24, 2.45) is 0 Å². The maximum Gasteiger partial charge on any atom is 0.262 e. The first kappa shape index (κ1) is 14.9. The predicted molar refractivity (Wildman–Crippen MR) is 84.4 cm³/mol. The zero-order chi connectivity index (χ0) is 15.9. The van der Waals surface area contributed by atoms with Crippen LogP contribution in [0.2, 0.25) is 0 Å². The second-order valence-electron chi connectivity index (χ2n) is 5.59. The van der Waals surface area contributed by atoms with Gasteiger partial charge < -0.3 is 0 Å². The van der Waals surface area contributed by atoms with Crippen LogP contribution in [0.1, 0.15) is 26.2 Å². The Morgan fingerprint density at radius 1 is 1.32 bits per heavy atom. The number of nitrogens with zero attached hydrogens (tertiary/aromatic N) is 2. The van der Waals surface area contributed by atoms with Crippen LogP contribution >= 0.6 is 15.9 Å². The first-order chi connectivity index (χ1) is 10.4. The molecule has 0 radical (unpaired) electrons. The normalized spacial score (nSPS) is 22.5. The Morgan fingerprint density at radius 3 is 2.86 bits per heavy atom. The molecule has 114 valence electrons. The Kier molecular flexibility index (Phi) is 3.60. The minimum absolute atomic E-state index is 0.280. The number of aromatic nitrogens is 2. The number of rotatable bonds is 1. The highest BCUT2D eigenvalue weighted by Gasteiger charge is 2.39. The summed E-state index contributed by atoms with van der Waals surface area (Å²) < 4.78 is 2.10. The zero-order valence-corrected chi connectivity index (χ0v) is 13.5. The number of nitrogens with one attached hydrogen (secondary N) is 1. The lowest BCUT2D eigenvalue weighted by atomic mass is 9.94. The highest BCUT2D eigenvalue weighted by Crippen LogP contribution is 2.25. The van der Waals surface area contributed by atoms with Crippen molar-refractivity contribution in [1.82, 2.24) is 14.9 Å². The predicted octanol–water partition coefficient (Wildman–Crippen LogP) is 1.70. The van der Waals surface area contributed by atoms with Crippen LogP contribution in [0.25, 0.3) is 10.9 Å². The molecule has 1 aromatic heterocycles. The molecule has 1 saturated heterocycles. The molecule has 0 saturated carbocycles. The molecule has 1 unspecified atom stereocenters. The summed E-state index contributed by atoms with van der Waals surface area (Å²) >= 11 is 3.33. The Bertz CT molecular complexity index is 846. The first-order valence-corrected chi connectivity index (χ1v) is 7.73. The second kappa shape index (κ2) is 5.31. The molecule has 1 fully saturated rings. The van der Waals surface area contributed by atoms with E-state index in [2.05, 4.69) is 26.2 Å². The van der Waals surface area contributed by atoms with Gasteiger partial charge in [0.1, 0.15) is 5.54 Å². The minimum Gasteiger partial charge on any atom is -0.294 e. The van der Waals surface area contributed by atoms with E-state index in [1.807, 2.05) is 0 Å². The van der Waals surface area contributed by atoms with Gasteiger partial charge in [-0.05, 0) is 38.0 Å². The molecule has 0 spiro atoms. The van der Waals surface area contributed by atoms with Gasteiger partial charge in [0, 0.05) is 10.9 Å². The lowest BCUT2D eigenvalue weighted by molar-refractivity contribution is -0.134. The van der Waals surface area contributed by atoms with Crippen LogP contribution in [0.15, 0.2) is 33.8 Å². The van der Waals surface area contributed by atoms with Gasteiger partial charge in [-0.3, -0.25) is 24.3 Å². The largest absolute Gasteiger partial charge is 0.294 e. The number of benzene rings is 1. The maximum atomic E-state index is 12.8. The van der Waals surface area contributed by atoms with Gasteiger partial charge in [0.2, 0.25) is 5.91 Å². The molecule has 3 rings (SSSR count). The summed E-state index contributed by atoms with van der Waals surface area (Å²) in [6, 6.07) is 5.23. The second-order valence-corrected chi connectivity index (χ2v) is 6.50. The van der Waals surface area contributed by atoms with Gasteiger partial charge in [-0.25, -0.2) is 4.98 Å². The number of halogens is 1. The van der Waals surface area contributed by atoms with Crippen LogP contribution < -0.4 is 10.9 Å². The van der Waals surface area contributed by atoms with Gasteiger partial charge in [0.05, 0.1) is 17.2 Å². The van der Waals surface area contributed by atoms with Crippen molar-refractivity contribution in [1.29, 1.82) is 0 Å². The Labute approximate surface area is 134 Å². The van der Waals surface area contributed by atoms with Crippen molar-refractivity contribution in [3.05, 3.63) is 39.4 Å². The molecular formula is C15H14BrN3O3. The molecule has 1 N–H and O–H groups in total. The maximum absolute atomic E-state index is 12.8. The first-order valence-electron chi connectivity index (χ1n) is 6.93. The molecule has 22 heavy (non-hydrogen) atoms. The van der Waals surface area contributed by atoms with E-state index < -0.39 is 11.4 Å². The highest BCUT2D eigenvalue weighted by molar-refractivity contribution is 9.10. The van der Waals surface area contributed by atoms with Crippen molar-refractivity contribution in [3.63, 3.8) is 0 Å². The van der Waals surface area contributed by atoms with Gasteiger partial charge in [-0.15, -0.1) is 0 Å². The highest BCUT2D eigenvalue weighted by atomic mass is 79.9. The third kappa shape index (κ3) is 2.35. The fraction of sp³-hybridized carbons (Fsp3) is 0.333. The smallest absolute Gasteiger partial charge is 0.262 e. The van der Waals surface area contributed by atoms with Crippen molar-refractivity contribution < 1.29 is 9.59 Å². The molecule has 0 aliphatic carbocycles. The molecule has 7 heteroatoms. The summed E-state index contributed by atoms with van der Waals surface area (Å²) in [5.74, 6) is -0.772. The van der Waals surface area contributed by atoms with Gasteiger partial charge in [-0.2, -0.15) is 0 Å². The number of fused-ring (bicyclic) bond motifs is 1. The van der Waals surface area contributed by atoms with Crippen molar-refractivity contribution in [2.75, 3.05) is 0 Å². The number of amides is 2. The average molecular weight is 364 g/mol. The molecule has 1 aromatic carbocycles. The molecule has 2 aromatic rings. The summed E-state index contributed by atoms with van der Waals surface area (Å²) in [5.41, 5.74) is -0.844. The molecule has 6 nitrogen and oxygen atoms in total. The lowest BCUT2D eigenvalue weighted by Gasteiger charge is -2.28. The van der Waals surface area contributed by atoms with E-state index in [0.717, 1.165) is 4.47 Å². The summed E-state index contributed by atoms with van der Waals surface area (Å²) in [4.78, 5) is 40.9. The number of hydrogen-bond acceptors (Lipinski definition) is 4. The van der Waals surface area contributed by atoms with Crippen molar-refractivity contribution in [3.8, 4) is 0 Å². The zero-order valence-electron chi connectivity index (χ0n) is 11.9. The summed E-state index contributed by atoms with van der Waals surface area (Å²) in [5, 5.41) is 2.77. The third-order valence-corrected chi connectivity index (χ3v) is 4.55. The third-order valence-electron chi connectivity index (χ3n) is 4.06. The van der Waals surface area contributed by atoms with Crippen LogP contribution in [-0.2, 0) is 15.1 Å². The fourth-order valence-corrected chi connectivity index (χ4v) is 3.07. The minimum atomic E-state index is -1.12. The average Bonchev–Trinajstić information content (AvgIpc) is 2.59. The Morgan fingerprint density at radius 2 is 2.09 bits per heavy atom. The van der Waals surface area contributed by atoms with Gasteiger partial charge >= 0.3 is 0 Å². The van der Waals surface area contributed by atoms with Gasteiger partial charge in [0.15, 0.2) is 0 Å². The van der Waals surface area contributed by atoms with E-state index in [1.54, 1.807) is 25.1 Å². The van der Waals surface area contributed by atoms with Crippen molar-refractivity contribution >= 4 is 38.6 Å². The Hall–Kier alpha value is -2.02. The van der Waals surface area contributed by atoms with E-state index in [4.69, 9.17) is 0 Å². The van der Waals surface area contributed by atoms with E-state index >= 15 is 0 Å². The van der Waals surface area contributed by atoms with Crippen LogP contribution in [-0.4, -0.2) is 21.4 Å². The van der Waals surface area contributed by atoms with E-state index in [1.165, 1.54) is 10.9 Å². The molecule has 1 atom stereocenters. The summed E-state index contributed by atoms with van der Waals surface area (Å²) in [6.07, 6.45) is 2.61. The molecular weight excluding hydrogens is 350 g/mol. The van der Waals surface area contributed by atoms with Crippen LogP contribution in [0.5, 0.6) is 0 Å². The number of carbonyl (C=O) groups excluding carboxylic acids is 2. The summed E-state index contributed by atoms with van der Waals surface area (Å²) in [7, 11) is 0.